The standard InChI is InChI=1S/C24H28FN5O2/c1-17-3-7-20(8-4-17)23-27-22(32-28-23)16-29-11-13-30(14-12-29)18(2)24(31)26-15-19-5-9-21(25)10-6-19/h3-10,18H,11-16H2,1-2H3,(H,26,31). The van der Waals surface area contributed by atoms with Crippen molar-refractivity contribution in [2.45, 2.75) is 33.0 Å². The first-order chi connectivity index (χ1) is 15.5. The van der Waals surface area contributed by atoms with Crippen LogP contribution in [0, 0.1) is 12.7 Å². The van der Waals surface area contributed by atoms with Crippen molar-refractivity contribution in [3.8, 4) is 11.4 Å². The molecule has 0 radical (unpaired) electrons. The van der Waals surface area contributed by atoms with Crippen LogP contribution in [0.25, 0.3) is 11.4 Å². The second kappa shape index (κ2) is 10.0. The number of carbonyl (C=O) groups excluding carboxylic acids is 1. The van der Waals surface area contributed by atoms with E-state index in [-0.39, 0.29) is 17.8 Å². The fraction of sp³-hybridized carbons (Fsp3) is 0.375. The van der Waals surface area contributed by atoms with E-state index in [9.17, 15) is 9.18 Å². The maximum Gasteiger partial charge on any atom is 0.241 e. The molecule has 2 aromatic carbocycles. The minimum absolute atomic E-state index is 0.0255. The Kier molecular flexibility index (Phi) is 6.92. The van der Waals surface area contributed by atoms with Crippen LogP contribution < -0.4 is 5.32 Å². The number of hydrogen-bond donors (Lipinski definition) is 1. The molecule has 0 spiro atoms. The molecule has 0 aliphatic carbocycles. The van der Waals surface area contributed by atoms with Gasteiger partial charge in [-0.15, -0.1) is 0 Å². The zero-order chi connectivity index (χ0) is 22.5. The molecule has 4 rings (SSSR count). The van der Waals surface area contributed by atoms with Crippen LogP contribution in [0.4, 0.5) is 4.39 Å². The molecule has 1 atom stereocenters. The van der Waals surface area contributed by atoms with E-state index in [1.807, 2.05) is 38.1 Å². The van der Waals surface area contributed by atoms with E-state index in [0.29, 0.717) is 24.8 Å². The molecular weight excluding hydrogens is 409 g/mol. The number of hydrogen-bond acceptors (Lipinski definition) is 6. The number of piperazine rings is 1. The van der Waals surface area contributed by atoms with E-state index < -0.39 is 0 Å². The molecule has 168 valence electrons. The highest BCUT2D eigenvalue weighted by Crippen LogP contribution is 2.17. The SMILES string of the molecule is Cc1ccc(-c2noc(CN3CCN(C(C)C(=O)NCc4ccc(F)cc4)CC3)n2)cc1. The van der Waals surface area contributed by atoms with Crippen molar-refractivity contribution in [2.24, 2.45) is 0 Å². The molecule has 1 aliphatic rings. The monoisotopic (exact) mass is 437 g/mol. The van der Waals surface area contributed by atoms with Crippen LogP contribution in [0.3, 0.4) is 0 Å². The topological polar surface area (TPSA) is 74.5 Å². The molecule has 3 aromatic rings. The van der Waals surface area contributed by atoms with Gasteiger partial charge < -0.3 is 9.84 Å². The average Bonchev–Trinajstić information content (AvgIpc) is 3.27. The summed E-state index contributed by atoms with van der Waals surface area (Å²) in [5.41, 5.74) is 3.01. The third-order valence-corrected chi connectivity index (χ3v) is 5.85. The summed E-state index contributed by atoms with van der Waals surface area (Å²) in [5, 5.41) is 7.04. The van der Waals surface area contributed by atoms with Crippen molar-refractivity contribution < 1.29 is 13.7 Å². The smallest absolute Gasteiger partial charge is 0.241 e. The molecule has 8 heteroatoms. The van der Waals surface area contributed by atoms with Gasteiger partial charge in [-0.05, 0) is 31.5 Å². The molecule has 7 nitrogen and oxygen atoms in total. The van der Waals surface area contributed by atoms with Crippen LogP contribution in [0.2, 0.25) is 0 Å². The van der Waals surface area contributed by atoms with Gasteiger partial charge in [0.2, 0.25) is 17.6 Å². The van der Waals surface area contributed by atoms with E-state index in [4.69, 9.17) is 4.52 Å². The predicted molar refractivity (Wildman–Crippen MR) is 119 cm³/mol. The summed E-state index contributed by atoms with van der Waals surface area (Å²) in [6.07, 6.45) is 0. The predicted octanol–water partition coefficient (Wildman–Crippen LogP) is 3.01. The number of nitrogens with zero attached hydrogens (tertiary/aromatic N) is 4. The molecule has 1 aromatic heterocycles. The van der Waals surface area contributed by atoms with Gasteiger partial charge in [0, 0.05) is 38.3 Å². The summed E-state index contributed by atoms with van der Waals surface area (Å²) < 4.78 is 18.4. The van der Waals surface area contributed by atoms with Gasteiger partial charge in [-0.1, -0.05) is 47.1 Å². The number of carbonyl (C=O) groups is 1. The van der Waals surface area contributed by atoms with Gasteiger partial charge in [0.1, 0.15) is 5.82 Å². The van der Waals surface area contributed by atoms with Crippen LogP contribution >= 0.6 is 0 Å². The van der Waals surface area contributed by atoms with E-state index >= 15 is 0 Å². The molecular formula is C24H28FN5O2. The lowest BCUT2D eigenvalue weighted by Gasteiger charge is -2.36. The lowest BCUT2D eigenvalue weighted by Crippen LogP contribution is -2.53. The second-order valence-electron chi connectivity index (χ2n) is 8.21. The third kappa shape index (κ3) is 5.57. The molecule has 1 amide bonds. The molecule has 1 aliphatic heterocycles. The van der Waals surface area contributed by atoms with Crippen LogP contribution in [-0.4, -0.2) is 58.1 Å². The Bertz CT molecular complexity index is 1030. The maximum absolute atomic E-state index is 13.0. The third-order valence-electron chi connectivity index (χ3n) is 5.85. The highest BCUT2D eigenvalue weighted by atomic mass is 19.1. The molecule has 0 bridgehead atoms. The summed E-state index contributed by atoms with van der Waals surface area (Å²) in [6.45, 7) is 8.15. The number of rotatable bonds is 7. The van der Waals surface area contributed by atoms with Gasteiger partial charge in [0.05, 0.1) is 12.6 Å². The fourth-order valence-electron chi connectivity index (χ4n) is 3.74. The first-order valence-electron chi connectivity index (χ1n) is 10.9. The Balaban J connectivity index is 1.23. The molecule has 32 heavy (non-hydrogen) atoms. The first-order valence-corrected chi connectivity index (χ1v) is 10.9. The summed E-state index contributed by atoms with van der Waals surface area (Å²) in [5.74, 6) is 0.893. The van der Waals surface area contributed by atoms with Gasteiger partial charge in [0.25, 0.3) is 0 Å². The Morgan fingerprint density at radius 3 is 2.47 bits per heavy atom. The Morgan fingerprint density at radius 1 is 1.09 bits per heavy atom. The summed E-state index contributed by atoms with van der Waals surface area (Å²) in [6, 6.07) is 14.0. The van der Waals surface area contributed by atoms with E-state index in [0.717, 1.165) is 37.3 Å². The van der Waals surface area contributed by atoms with Gasteiger partial charge in [-0.3, -0.25) is 14.6 Å². The number of halogens is 1. The summed E-state index contributed by atoms with van der Waals surface area (Å²) >= 11 is 0. The van der Waals surface area contributed by atoms with E-state index in [2.05, 4.69) is 25.3 Å². The Morgan fingerprint density at radius 2 is 1.78 bits per heavy atom. The van der Waals surface area contributed by atoms with Crippen molar-refractivity contribution >= 4 is 5.91 Å². The van der Waals surface area contributed by atoms with Gasteiger partial charge in [-0.2, -0.15) is 4.98 Å². The minimum atomic E-state index is -0.279. The zero-order valence-electron chi connectivity index (χ0n) is 18.4. The van der Waals surface area contributed by atoms with Crippen LogP contribution in [0.1, 0.15) is 23.9 Å². The van der Waals surface area contributed by atoms with Gasteiger partial charge >= 0.3 is 0 Å². The highest BCUT2D eigenvalue weighted by molar-refractivity contribution is 5.81. The molecule has 2 heterocycles. The van der Waals surface area contributed by atoms with Crippen molar-refractivity contribution in [1.29, 1.82) is 0 Å². The molecule has 1 saturated heterocycles. The Hall–Kier alpha value is -3.10. The summed E-state index contributed by atoms with van der Waals surface area (Å²) in [7, 11) is 0. The van der Waals surface area contributed by atoms with Crippen molar-refractivity contribution in [3.05, 3.63) is 71.4 Å². The number of aromatic nitrogens is 2. The fourth-order valence-corrected chi connectivity index (χ4v) is 3.74. The van der Waals surface area contributed by atoms with Gasteiger partial charge in [-0.25, -0.2) is 4.39 Å². The number of aryl methyl sites for hydroxylation is 1. The quantitative estimate of drug-likeness (QED) is 0.613. The highest BCUT2D eigenvalue weighted by Gasteiger charge is 2.26. The number of amides is 1. The molecule has 1 N–H and O–H groups in total. The molecule has 1 fully saturated rings. The molecule has 1 unspecified atom stereocenters. The van der Waals surface area contributed by atoms with Crippen molar-refractivity contribution in [2.75, 3.05) is 26.2 Å². The van der Waals surface area contributed by atoms with Crippen LogP contribution in [0.5, 0.6) is 0 Å². The normalized spacial score (nSPS) is 16.1. The van der Waals surface area contributed by atoms with E-state index in [1.54, 1.807) is 12.1 Å². The van der Waals surface area contributed by atoms with Crippen LogP contribution in [0.15, 0.2) is 53.1 Å². The lowest BCUT2D eigenvalue weighted by molar-refractivity contribution is -0.126. The minimum Gasteiger partial charge on any atom is -0.351 e. The van der Waals surface area contributed by atoms with Crippen LogP contribution in [-0.2, 0) is 17.9 Å². The number of benzene rings is 2. The van der Waals surface area contributed by atoms with Crippen molar-refractivity contribution in [1.82, 2.24) is 25.3 Å². The average molecular weight is 438 g/mol. The maximum atomic E-state index is 13.0. The number of nitrogens with one attached hydrogen (secondary N) is 1. The largest absolute Gasteiger partial charge is 0.351 e. The second-order valence-corrected chi connectivity index (χ2v) is 8.21. The molecule has 0 saturated carbocycles. The zero-order valence-corrected chi connectivity index (χ0v) is 18.4. The first kappa shape index (κ1) is 22.1. The summed E-state index contributed by atoms with van der Waals surface area (Å²) in [4.78, 5) is 21.5. The van der Waals surface area contributed by atoms with Crippen molar-refractivity contribution in [3.63, 3.8) is 0 Å². The van der Waals surface area contributed by atoms with E-state index in [1.165, 1.54) is 17.7 Å². The van der Waals surface area contributed by atoms with Gasteiger partial charge in [0.15, 0.2) is 0 Å². The Labute approximate surface area is 187 Å². The lowest BCUT2D eigenvalue weighted by atomic mass is 10.1.